The predicted molar refractivity (Wildman–Crippen MR) is 72.6 cm³/mol. The molecular weight excluding hydrogens is 278 g/mol. The second-order valence-corrected chi connectivity index (χ2v) is 4.12. The highest BCUT2D eigenvalue weighted by atomic mass is 16.5. The van der Waals surface area contributed by atoms with Crippen molar-refractivity contribution in [1.29, 1.82) is 0 Å². The minimum atomic E-state index is 0.0131. The summed E-state index contributed by atoms with van der Waals surface area (Å²) in [6.45, 7) is 0.609. The third kappa shape index (κ3) is 3.19. The number of benzene rings is 1. The van der Waals surface area contributed by atoms with Gasteiger partial charge in [0.1, 0.15) is 0 Å². The van der Waals surface area contributed by atoms with E-state index in [1.54, 1.807) is 6.07 Å². The van der Waals surface area contributed by atoms with Gasteiger partial charge in [-0.15, -0.1) is 0 Å². The minimum absolute atomic E-state index is 0.0131. The molecule has 10 nitrogen and oxygen atoms in total. The lowest BCUT2D eigenvalue weighted by Gasteiger charge is -2.09. The highest BCUT2D eigenvalue weighted by Crippen LogP contribution is 2.13. The van der Waals surface area contributed by atoms with Crippen LogP contribution in [0.3, 0.4) is 0 Å². The first kappa shape index (κ1) is 14.6. The van der Waals surface area contributed by atoms with Gasteiger partial charge < -0.3 is 20.9 Å². The van der Waals surface area contributed by atoms with Crippen LogP contribution in [0.1, 0.15) is 5.82 Å². The third-order valence-electron chi connectivity index (χ3n) is 2.76. The molecule has 0 saturated carbocycles. The Bertz CT molecular complexity index is 700. The molecule has 1 heterocycles. The Morgan fingerprint density at radius 1 is 1.38 bits per heavy atom. The van der Waals surface area contributed by atoms with Crippen LogP contribution < -0.4 is 15.3 Å². The van der Waals surface area contributed by atoms with Gasteiger partial charge in [0.05, 0.1) is 30.2 Å². The number of nitrogen functional groups attached to an aromatic ring is 1. The molecule has 0 fully saturated rings. The number of nitrogens with two attached hydrogens (primary N) is 1. The Hall–Kier alpha value is -2.84. The Morgan fingerprint density at radius 3 is 2.95 bits per heavy atom. The molecule has 1 aromatic heterocycles. The van der Waals surface area contributed by atoms with Crippen molar-refractivity contribution >= 4 is 16.7 Å². The quantitative estimate of drug-likeness (QED) is 0.150. The molecule has 2 aromatic rings. The number of azide groups is 1. The van der Waals surface area contributed by atoms with E-state index in [4.69, 9.17) is 16.0 Å². The Kier molecular flexibility index (Phi) is 4.54. The molecule has 2 rings (SSSR count). The maximum atomic E-state index is 12.2. The van der Waals surface area contributed by atoms with Gasteiger partial charge >= 0.3 is 11.3 Å². The van der Waals surface area contributed by atoms with E-state index < -0.39 is 0 Å². The lowest BCUT2D eigenvalue weighted by Crippen LogP contribution is -2.46. The summed E-state index contributed by atoms with van der Waals surface area (Å²) in [4.78, 5) is 2.95. The smallest absolute Gasteiger partial charge is 0.379 e. The molecule has 0 aliphatic rings. The van der Waals surface area contributed by atoms with E-state index in [9.17, 15) is 10.4 Å². The fourth-order valence-corrected chi connectivity index (χ4v) is 1.82. The van der Waals surface area contributed by atoms with Gasteiger partial charge in [0, 0.05) is 17.5 Å². The van der Waals surface area contributed by atoms with E-state index >= 15 is 0 Å². The summed E-state index contributed by atoms with van der Waals surface area (Å²) in [7, 11) is 0. The minimum Gasteiger partial charge on any atom is -0.710 e. The van der Waals surface area contributed by atoms with Crippen molar-refractivity contribution < 1.29 is 14.3 Å². The number of nitrogens with zero attached hydrogens (tertiary/aromatic N) is 6. The van der Waals surface area contributed by atoms with Crippen LogP contribution in [0.15, 0.2) is 23.3 Å². The van der Waals surface area contributed by atoms with E-state index in [1.807, 2.05) is 0 Å². The average Bonchev–Trinajstić information content (AvgIpc) is 2.47. The van der Waals surface area contributed by atoms with Crippen LogP contribution in [-0.2, 0) is 11.2 Å². The van der Waals surface area contributed by atoms with Crippen molar-refractivity contribution in [3.8, 4) is 0 Å². The summed E-state index contributed by atoms with van der Waals surface area (Å²) in [6.07, 6.45) is 0.145. The molecule has 0 amide bonds. The summed E-state index contributed by atoms with van der Waals surface area (Å²) in [6, 6.07) is 4.59. The number of aromatic nitrogens is 3. The molecule has 21 heavy (non-hydrogen) atoms. The molecule has 0 bridgehead atoms. The molecule has 0 spiro atoms. The van der Waals surface area contributed by atoms with Crippen LogP contribution in [0.2, 0.25) is 0 Å². The molecular formula is C11H13N7O3. The van der Waals surface area contributed by atoms with E-state index in [0.717, 1.165) is 0 Å². The number of anilines is 1. The molecule has 0 saturated heterocycles. The highest BCUT2D eigenvalue weighted by Gasteiger charge is 2.23. The summed E-state index contributed by atoms with van der Waals surface area (Å²) in [5.41, 5.74) is 14.2. The zero-order chi connectivity index (χ0) is 15.2. The largest absolute Gasteiger partial charge is 0.710 e. The number of hydrogen-bond donors (Lipinski definition) is 1. The SMILES string of the molecule is [N-]=[N+]=NCCOCCc1n[n+]([O-])c2cccc(N)c2[n+]1[O-]. The van der Waals surface area contributed by atoms with Crippen LogP contribution in [0.5, 0.6) is 0 Å². The Morgan fingerprint density at radius 2 is 2.19 bits per heavy atom. The molecule has 110 valence electrons. The van der Waals surface area contributed by atoms with E-state index in [1.165, 1.54) is 12.1 Å². The predicted octanol–water partition coefficient (Wildman–Crippen LogP) is -0.0468. The molecule has 0 aliphatic heterocycles. The first-order valence-electron chi connectivity index (χ1n) is 6.14. The zero-order valence-electron chi connectivity index (χ0n) is 11.0. The highest BCUT2D eigenvalue weighted by molar-refractivity contribution is 5.81. The van der Waals surface area contributed by atoms with Gasteiger partial charge in [-0.05, 0) is 11.6 Å². The van der Waals surface area contributed by atoms with Crippen molar-refractivity contribution in [3.63, 3.8) is 0 Å². The summed E-state index contributed by atoms with van der Waals surface area (Å²) in [5.74, 6) is 0.0131. The van der Waals surface area contributed by atoms with E-state index in [2.05, 4.69) is 15.1 Å². The van der Waals surface area contributed by atoms with Crippen LogP contribution >= 0.6 is 0 Å². The van der Waals surface area contributed by atoms with E-state index in [-0.39, 0.29) is 48.7 Å². The standard InChI is InChI=1S/C11H13N7O3/c12-8-2-1-3-9-11(8)17(19)10(15-18(9)20)4-6-21-7-5-14-16-13/h1-3H,4-7,12H2. The third-order valence-corrected chi connectivity index (χ3v) is 2.76. The number of rotatable bonds is 6. The van der Waals surface area contributed by atoms with Crippen LogP contribution in [0, 0.1) is 10.4 Å². The van der Waals surface area contributed by atoms with E-state index in [0.29, 0.717) is 9.58 Å². The van der Waals surface area contributed by atoms with Crippen molar-refractivity contribution in [2.24, 2.45) is 5.11 Å². The molecule has 0 aliphatic carbocycles. The second-order valence-electron chi connectivity index (χ2n) is 4.12. The summed E-state index contributed by atoms with van der Waals surface area (Å²) < 4.78 is 5.71. The maximum Gasteiger partial charge on any atom is 0.379 e. The lowest BCUT2D eigenvalue weighted by atomic mass is 10.2. The van der Waals surface area contributed by atoms with Crippen LogP contribution in [0.25, 0.3) is 21.5 Å². The number of para-hydroxylation sites is 1. The number of hydrogen-bond acceptors (Lipinski definition) is 6. The van der Waals surface area contributed by atoms with Gasteiger partial charge in [-0.3, -0.25) is 0 Å². The van der Waals surface area contributed by atoms with Gasteiger partial charge in [-0.25, -0.2) is 4.73 Å². The first-order valence-corrected chi connectivity index (χ1v) is 6.14. The van der Waals surface area contributed by atoms with Gasteiger partial charge in [0.2, 0.25) is 10.6 Å². The second kappa shape index (κ2) is 6.55. The van der Waals surface area contributed by atoms with Crippen molar-refractivity contribution in [2.45, 2.75) is 6.42 Å². The van der Waals surface area contributed by atoms with Gasteiger partial charge in [-0.2, -0.15) is 0 Å². The molecule has 1 aromatic carbocycles. The molecule has 0 atom stereocenters. The summed E-state index contributed by atoms with van der Waals surface area (Å²) in [5, 5.41) is 30.9. The summed E-state index contributed by atoms with van der Waals surface area (Å²) >= 11 is 0. The van der Waals surface area contributed by atoms with Gasteiger partial charge in [0.15, 0.2) is 0 Å². The van der Waals surface area contributed by atoms with Crippen molar-refractivity contribution in [2.75, 3.05) is 25.5 Å². The lowest BCUT2D eigenvalue weighted by molar-refractivity contribution is -0.685. The van der Waals surface area contributed by atoms with Crippen LogP contribution in [-0.4, -0.2) is 24.9 Å². The zero-order valence-corrected chi connectivity index (χ0v) is 11.0. The molecule has 2 N–H and O–H groups in total. The molecule has 0 radical (unpaired) electrons. The van der Waals surface area contributed by atoms with Crippen molar-refractivity contribution in [3.05, 3.63) is 44.9 Å². The van der Waals surface area contributed by atoms with Crippen molar-refractivity contribution in [1.82, 2.24) is 5.10 Å². The normalized spacial score (nSPS) is 10.5. The fourth-order valence-electron chi connectivity index (χ4n) is 1.82. The Balaban J connectivity index is 2.15. The first-order chi connectivity index (χ1) is 10.1. The van der Waals surface area contributed by atoms with Gasteiger partial charge in [0.25, 0.3) is 0 Å². The monoisotopic (exact) mass is 291 g/mol. The average molecular weight is 291 g/mol. The van der Waals surface area contributed by atoms with Crippen LogP contribution in [0.4, 0.5) is 5.69 Å². The maximum absolute atomic E-state index is 12.2. The van der Waals surface area contributed by atoms with Gasteiger partial charge in [-0.1, -0.05) is 11.2 Å². The fraction of sp³-hybridized carbons (Fsp3) is 0.364. The number of ether oxygens (including phenoxy) is 1. The molecule has 10 heteroatoms. The topological polar surface area (TPSA) is 151 Å². The number of fused-ring (bicyclic) bond motifs is 1. The Labute approximate surface area is 119 Å². The molecule has 0 unspecified atom stereocenters.